The van der Waals surface area contributed by atoms with Gasteiger partial charge in [-0.1, -0.05) is 23.2 Å². The van der Waals surface area contributed by atoms with E-state index in [9.17, 15) is 4.57 Å². The number of H-pyrrole nitrogens is 1. The summed E-state index contributed by atoms with van der Waals surface area (Å²) in [5.41, 5.74) is 2.07. The molecule has 40 heavy (non-hydrogen) atoms. The second-order valence-electron chi connectivity index (χ2n) is 10.8. The molecule has 3 aromatic heterocycles. The van der Waals surface area contributed by atoms with Crippen molar-refractivity contribution >= 4 is 47.1 Å². The number of aromatic amines is 1. The Hall–Kier alpha value is -2.91. The highest BCUT2D eigenvalue weighted by molar-refractivity contribution is 7.62. The van der Waals surface area contributed by atoms with Crippen LogP contribution in [-0.2, 0) is 4.57 Å². The van der Waals surface area contributed by atoms with E-state index in [2.05, 4.69) is 25.5 Å². The molecule has 0 radical (unpaired) electrons. The Morgan fingerprint density at radius 1 is 1.18 bits per heavy atom. The number of benzene rings is 1. The van der Waals surface area contributed by atoms with Gasteiger partial charge in [0.1, 0.15) is 11.8 Å². The summed E-state index contributed by atoms with van der Waals surface area (Å²) in [6, 6.07) is 4.98. The molecule has 212 valence electrons. The number of halogens is 3. The first-order valence-electron chi connectivity index (χ1n) is 12.6. The number of methoxy groups -OCH3 is 1. The third-order valence-electron chi connectivity index (χ3n) is 6.81. The zero-order valence-corrected chi connectivity index (χ0v) is 25.2. The molecule has 1 aliphatic rings. The molecule has 1 fully saturated rings. The summed E-state index contributed by atoms with van der Waals surface area (Å²) in [4.78, 5) is 10.3. The molecule has 0 saturated carbocycles. The van der Waals surface area contributed by atoms with Gasteiger partial charge in [0.2, 0.25) is 0 Å². The van der Waals surface area contributed by atoms with Crippen LogP contribution in [0.3, 0.4) is 0 Å². The molecule has 9 nitrogen and oxygen atoms in total. The van der Waals surface area contributed by atoms with Crippen molar-refractivity contribution in [3.63, 3.8) is 0 Å². The normalized spacial score (nSPS) is 15.7. The van der Waals surface area contributed by atoms with E-state index >= 15 is 4.39 Å². The monoisotopic (exact) mass is 606 g/mol. The number of fused-ring (bicyclic) bond motifs is 1. The number of hydrogen-bond donors (Lipinski definition) is 2. The largest absolute Gasteiger partial charge is 0.493 e. The van der Waals surface area contributed by atoms with Crippen molar-refractivity contribution in [3.05, 3.63) is 58.2 Å². The van der Waals surface area contributed by atoms with Gasteiger partial charge < -0.3 is 24.3 Å². The van der Waals surface area contributed by atoms with E-state index in [1.165, 1.54) is 18.5 Å². The topological polar surface area (TPSA) is 105 Å². The molecule has 1 atom stereocenters. The first-order valence-corrected chi connectivity index (χ1v) is 16.1. The van der Waals surface area contributed by atoms with Crippen molar-refractivity contribution < 1.29 is 18.4 Å². The fraction of sp³-hybridized carbons (Fsp3) is 0.370. The van der Waals surface area contributed by atoms with Crippen LogP contribution < -0.4 is 19.7 Å². The quantitative estimate of drug-likeness (QED) is 0.212. The van der Waals surface area contributed by atoms with E-state index in [0.717, 1.165) is 0 Å². The average Bonchev–Trinajstić information content (AvgIpc) is 3.27. The van der Waals surface area contributed by atoms with Crippen molar-refractivity contribution in [1.29, 1.82) is 0 Å². The van der Waals surface area contributed by atoms with Gasteiger partial charge in [-0.25, -0.2) is 9.37 Å². The van der Waals surface area contributed by atoms with Gasteiger partial charge in [0, 0.05) is 60.5 Å². The fourth-order valence-corrected chi connectivity index (χ4v) is 6.22. The maximum Gasteiger partial charge on any atom is 0.166 e. The van der Waals surface area contributed by atoms with Crippen LogP contribution in [0, 0.1) is 5.82 Å². The summed E-state index contributed by atoms with van der Waals surface area (Å²) in [6.45, 7) is 8.47. The number of hydrogen-bond acceptors (Lipinski definition) is 8. The summed E-state index contributed by atoms with van der Waals surface area (Å²) < 4.78 is 39.1. The van der Waals surface area contributed by atoms with Crippen molar-refractivity contribution in [2.75, 3.05) is 44.7 Å². The molecule has 1 saturated heterocycles. The fourth-order valence-electron chi connectivity index (χ4n) is 4.79. The van der Waals surface area contributed by atoms with E-state index in [0.29, 0.717) is 68.6 Å². The van der Waals surface area contributed by atoms with Crippen molar-refractivity contribution in [3.8, 4) is 22.8 Å². The first kappa shape index (κ1) is 28.6. The van der Waals surface area contributed by atoms with Gasteiger partial charge in [-0.05, 0) is 39.3 Å². The number of anilines is 1. The highest BCUT2D eigenvalue weighted by Gasteiger charge is 2.40. The zero-order chi connectivity index (χ0) is 28.8. The molecule has 1 aromatic carbocycles. The number of pyridine rings is 2. The lowest BCUT2D eigenvalue weighted by molar-refractivity contribution is 0.216. The van der Waals surface area contributed by atoms with E-state index < -0.39 is 19.1 Å². The van der Waals surface area contributed by atoms with Crippen LogP contribution >= 0.6 is 30.3 Å². The number of rotatable bonds is 9. The molecular formula is C27H30Cl2FN6O3P. The SMILES string of the molecule is COc1cc2[nH]nc(-c3cnc(N4CC(C)(NCP(C)(C)=O)C4)c(F)c3)c2cc1O[C@H](C)c1c(Cl)cncc1Cl. The Morgan fingerprint density at radius 3 is 2.50 bits per heavy atom. The van der Waals surface area contributed by atoms with Gasteiger partial charge in [0.15, 0.2) is 23.1 Å². The summed E-state index contributed by atoms with van der Waals surface area (Å²) in [5, 5.41) is 12.2. The van der Waals surface area contributed by atoms with Crippen molar-refractivity contribution in [2.24, 2.45) is 0 Å². The Labute approximate surface area is 241 Å². The highest BCUT2D eigenvalue weighted by atomic mass is 35.5. The molecular weight excluding hydrogens is 577 g/mol. The molecule has 4 heterocycles. The minimum Gasteiger partial charge on any atom is -0.493 e. The van der Waals surface area contributed by atoms with Crippen LogP contribution in [0.2, 0.25) is 10.0 Å². The Bertz CT molecular complexity index is 1600. The molecule has 4 aromatic rings. The summed E-state index contributed by atoms with van der Waals surface area (Å²) >= 11 is 12.7. The zero-order valence-electron chi connectivity index (χ0n) is 22.8. The van der Waals surface area contributed by atoms with Gasteiger partial charge in [-0.15, -0.1) is 0 Å². The minimum absolute atomic E-state index is 0.246. The van der Waals surface area contributed by atoms with Gasteiger partial charge >= 0.3 is 0 Å². The molecule has 5 rings (SSSR count). The number of nitrogens with one attached hydrogen (secondary N) is 2. The minimum atomic E-state index is -2.20. The summed E-state index contributed by atoms with van der Waals surface area (Å²) in [5.74, 6) is 0.736. The maximum absolute atomic E-state index is 15.3. The lowest BCUT2D eigenvalue weighted by Crippen LogP contribution is -2.68. The van der Waals surface area contributed by atoms with E-state index in [1.54, 1.807) is 38.8 Å². The van der Waals surface area contributed by atoms with Gasteiger partial charge in [-0.3, -0.25) is 10.1 Å². The summed E-state index contributed by atoms with van der Waals surface area (Å²) in [6.07, 6.45) is 4.55. The molecule has 0 unspecified atom stereocenters. The van der Waals surface area contributed by atoms with Gasteiger partial charge in [0.05, 0.1) is 35.4 Å². The molecule has 0 spiro atoms. The van der Waals surface area contributed by atoms with Gasteiger partial charge in [0.25, 0.3) is 0 Å². The van der Waals surface area contributed by atoms with Crippen LogP contribution in [0.5, 0.6) is 11.5 Å². The Morgan fingerprint density at radius 2 is 1.88 bits per heavy atom. The number of nitrogens with zero attached hydrogens (tertiary/aromatic N) is 4. The molecule has 1 aliphatic heterocycles. The predicted molar refractivity (Wildman–Crippen MR) is 157 cm³/mol. The number of ether oxygens (including phenoxy) is 2. The van der Waals surface area contributed by atoms with Gasteiger partial charge in [-0.2, -0.15) is 5.10 Å². The Balaban J connectivity index is 1.40. The molecule has 0 amide bonds. The predicted octanol–water partition coefficient (Wildman–Crippen LogP) is 6.36. The van der Waals surface area contributed by atoms with Crippen LogP contribution in [-0.4, -0.2) is 65.5 Å². The van der Waals surface area contributed by atoms with Crippen molar-refractivity contribution in [2.45, 2.75) is 25.5 Å². The van der Waals surface area contributed by atoms with Crippen LogP contribution in [0.25, 0.3) is 22.2 Å². The van der Waals surface area contributed by atoms with E-state index in [-0.39, 0.29) is 11.4 Å². The van der Waals surface area contributed by atoms with Crippen LogP contribution in [0.1, 0.15) is 25.5 Å². The lowest BCUT2D eigenvalue weighted by atomic mass is 9.92. The van der Waals surface area contributed by atoms with Crippen molar-refractivity contribution in [1.82, 2.24) is 25.5 Å². The molecule has 13 heteroatoms. The van der Waals surface area contributed by atoms with Crippen LogP contribution in [0.15, 0.2) is 36.8 Å². The second-order valence-corrected chi connectivity index (χ2v) is 15.0. The van der Waals surface area contributed by atoms with Crippen LogP contribution in [0.4, 0.5) is 10.2 Å². The number of aromatic nitrogens is 4. The molecule has 0 bridgehead atoms. The first-order chi connectivity index (χ1) is 18.9. The smallest absolute Gasteiger partial charge is 0.166 e. The third kappa shape index (κ3) is 5.77. The second kappa shape index (κ2) is 10.8. The summed E-state index contributed by atoms with van der Waals surface area (Å²) in [7, 11) is -0.654. The lowest BCUT2D eigenvalue weighted by Gasteiger charge is -2.49. The highest BCUT2D eigenvalue weighted by Crippen LogP contribution is 2.41. The maximum atomic E-state index is 15.3. The average molecular weight is 607 g/mol. The Kier molecular flexibility index (Phi) is 7.74. The molecule has 2 N–H and O–H groups in total. The van der Waals surface area contributed by atoms with E-state index in [4.69, 9.17) is 32.7 Å². The third-order valence-corrected chi connectivity index (χ3v) is 8.33. The molecule has 0 aliphatic carbocycles. The standard InChI is InChI=1S/C27H30Cl2FN6O3P/c1-15(24-18(28)10-31-11-19(24)29)39-23-7-17-21(8-22(23)38-3)34-35-25(17)16-6-20(30)26(32-9-16)36-12-27(2,13-36)33-14-40(4,5)37/h6-11,15,33H,12-14H2,1-5H3,(H,34,35)/t15-/m1/s1. The van der Waals surface area contributed by atoms with E-state index in [1.807, 2.05) is 18.7 Å².